The summed E-state index contributed by atoms with van der Waals surface area (Å²) in [5.41, 5.74) is 5.26. The molecule has 3 aliphatic rings. The molecule has 1 aromatic heterocycles. The molecular weight excluding hydrogens is 429 g/mol. The molecule has 10 nitrogen and oxygen atoms in total. The maximum atomic E-state index is 15.4. The molecule has 1 aromatic rings. The second kappa shape index (κ2) is 9.76. The second-order valence-corrected chi connectivity index (χ2v) is 9.75. The van der Waals surface area contributed by atoms with Crippen LogP contribution >= 0.6 is 0 Å². The highest BCUT2D eigenvalue weighted by atomic mass is 19.1. The zero-order valence-corrected chi connectivity index (χ0v) is 19.4. The Hall–Kier alpha value is -2.53. The quantitative estimate of drug-likeness (QED) is 0.288. The third-order valence-electron chi connectivity index (χ3n) is 7.37. The molecule has 0 unspecified atom stereocenters. The monoisotopic (exact) mass is 463 g/mol. The Morgan fingerprint density at radius 2 is 2.06 bits per heavy atom. The van der Waals surface area contributed by atoms with Crippen molar-refractivity contribution in [2.45, 2.75) is 57.4 Å². The van der Waals surface area contributed by atoms with Crippen LogP contribution in [0.25, 0.3) is 0 Å². The van der Waals surface area contributed by atoms with Gasteiger partial charge in [0.05, 0.1) is 12.5 Å². The van der Waals surface area contributed by atoms with Crippen LogP contribution in [0.5, 0.6) is 0 Å². The van der Waals surface area contributed by atoms with E-state index in [1.54, 1.807) is 6.92 Å². The van der Waals surface area contributed by atoms with Gasteiger partial charge in [-0.3, -0.25) is 30.5 Å². The van der Waals surface area contributed by atoms with Gasteiger partial charge in [0.15, 0.2) is 11.6 Å². The van der Waals surface area contributed by atoms with E-state index in [0.29, 0.717) is 36.3 Å². The molecule has 4 rings (SSSR count). The van der Waals surface area contributed by atoms with Gasteiger partial charge in [-0.1, -0.05) is 25.7 Å². The first-order chi connectivity index (χ1) is 15.8. The molecule has 2 aliphatic carbocycles. The van der Waals surface area contributed by atoms with Gasteiger partial charge in [0, 0.05) is 25.2 Å². The van der Waals surface area contributed by atoms with Gasteiger partial charge in [-0.2, -0.15) is 4.39 Å². The lowest BCUT2D eigenvalue weighted by molar-refractivity contribution is -0.154. The number of halogens is 1. The summed E-state index contributed by atoms with van der Waals surface area (Å²) in [6, 6.07) is 0. The standard InChI is InChI=1S/C22H34FN7O3/c1-15-24-19(18(23)20(25-15)29-10-9-28(2)22(13-29)7-8-22)26-27-21(32)17(12-30(33)14-31)11-16-5-3-4-6-16/h14,16-17,33H,3-13H2,1-2H3,(H,27,32)(H,24,25,26)/t17-/m0/s1. The number of piperazine rings is 1. The molecule has 0 aromatic carbocycles. The van der Waals surface area contributed by atoms with Crippen molar-refractivity contribution in [3.8, 4) is 0 Å². The molecule has 11 heteroatoms. The minimum Gasteiger partial charge on any atom is -0.351 e. The number of likely N-dealkylation sites (N-methyl/N-ethyl adjacent to an activating group) is 1. The molecule has 1 saturated heterocycles. The third-order valence-corrected chi connectivity index (χ3v) is 7.37. The van der Waals surface area contributed by atoms with Crippen molar-refractivity contribution in [3.63, 3.8) is 0 Å². The maximum absolute atomic E-state index is 15.4. The number of carbonyl (C=O) groups excluding carboxylic acids is 2. The molecule has 1 spiro atoms. The molecule has 0 bridgehead atoms. The lowest BCUT2D eigenvalue weighted by atomic mass is 9.92. The van der Waals surface area contributed by atoms with Crippen LogP contribution in [0.4, 0.5) is 16.0 Å². The number of hydroxylamine groups is 2. The van der Waals surface area contributed by atoms with Crippen LogP contribution in [0, 0.1) is 24.6 Å². The summed E-state index contributed by atoms with van der Waals surface area (Å²) < 4.78 is 15.4. The van der Waals surface area contributed by atoms with Crippen molar-refractivity contribution in [1.82, 2.24) is 25.4 Å². The molecule has 2 amide bonds. The van der Waals surface area contributed by atoms with Crippen molar-refractivity contribution in [1.29, 1.82) is 0 Å². The van der Waals surface area contributed by atoms with Gasteiger partial charge in [0.2, 0.25) is 18.1 Å². The summed E-state index contributed by atoms with van der Waals surface area (Å²) in [5.74, 6) is -0.723. The van der Waals surface area contributed by atoms with Crippen molar-refractivity contribution in [2.75, 3.05) is 43.6 Å². The van der Waals surface area contributed by atoms with Crippen molar-refractivity contribution >= 4 is 24.0 Å². The molecule has 182 valence electrons. The lowest BCUT2D eigenvalue weighted by Gasteiger charge is -2.40. The lowest BCUT2D eigenvalue weighted by Crippen LogP contribution is -2.53. The zero-order valence-electron chi connectivity index (χ0n) is 19.4. The van der Waals surface area contributed by atoms with Gasteiger partial charge in [-0.25, -0.2) is 15.0 Å². The van der Waals surface area contributed by atoms with E-state index < -0.39 is 17.6 Å². The first-order valence-electron chi connectivity index (χ1n) is 11.8. The fourth-order valence-corrected chi connectivity index (χ4v) is 5.17. The zero-order chi connectivity index (χ0) is 23.6. The molecule has 2 saturated carbocycles. The van der Waals surface area contributed by atoms with Crippen LogP contribution < -0.4 is 15.8 Å². The molecule has 33 heavy (non-hydrogen) atoms. The number of nitrogens with zero attached hydrogens (tertiary/aromatic N) is 5. The van der Waals surface area contributed by atoms with Gasteiger partial charge in [-0.05, 0) is 39.2 Å². The van der Waals surface area contributed by atoms with Crippen LogP contribution in [-0.2, 0) is 9.59 Å². The summed E-state index contributed by atoms with van der Waals surface area (Å²) in [7, 11) is 2.11. The highest BCUT2D eigenvalue weighted by Gasteiger charge is 2.50. The average Bonchev–Trinajstić information content (AvgIpc) is 3.38. The number of anilines is 2. The largest absolute Gasteiger partial charge is 0.351 e. The number of hydrogen-bond donors (Lipinski definition) is 3. The number of nitrogens with one attached hydrogen (secondary N) is 2. The predicted molar refractivity (Wildman–Crippen MR) is 120 cm³/mol. The van der Waals surface area contributed by atoms with Crippen LogP contribution in [0.3, 0.4) is 0 Å². The summed E-state index contributed by atoms with van der Waals surface area (Å²) in [6.45, 7) is 3.78. The number of hydrogen-bond acceptors (Lipinski definition) is 8. The van der Waals surface area contributed by atoms with Gasteiger partial charge < -0.3 is 4.90 Å². The van der Waals surface area contributed by atoms with E-state index in [0.717, 1.165) is 45.1 Å². The summed E-state index contributed by atoms with van der Waals surface area (Å²) in [6.07, 6.45) is 7.32. The van der Waals surface area contributed by atoms with Gasteiger partial charge in [-0.15, -0.1) is 0 Å². The smallest absolute Gasteiger partial charge is 0.243 e. The highest BCUT2D eigenvalue weighted by Crippen LogP contribution is 2.44. The molecule has 0 radical (unpaired) electrons. The molecular formula is C22H34FN7O3. The Kier molecular flexibility index (Phi) is 6.99. The first kappa shape index (κ1) is 23.6. The number of aryl methyl sites for hydroxylation is 1. The van der Waals surface area contributed by atoms with Crippen LogP contribution in [-0.4, -0.2) is 76.2 Å². The highest BCUT2D eigenvalue weighted by molar-refractivity contribution is 5.80. The fourth-order valence-electron chi connectivity index (χ4n) is 5.17. The molecule has 1 atom stereocenters. The third kappa shape index (κ3) is 5.35. The number of aromatic nitrogens is 2. The van der Waals surface area contributed by atoms with E-state index in [9.17, 15) is 14.8 Å². The van der Waals surface area contributed by atoms with Crippen LogP contribution in [0.15, 0.2) is 0 Å². The Morgan fingerprint density at radius 1 is 1.33 bits per heavy atom. The maximum Gasteiger partial charge on any atom is 0.243 e. The SMILES string of the molecule is Cc1nc(NNC(=O)[C@@H](CC2CCCC2)CN(O)C=O)c(F)c(N2CCN(C)C3(CC3)C2)n1. The average molecular weight is 464 g/mol. The minimum absolute atomic E-state index is 0.0921. The van der Waals surface area contributed by atoms with E-state index in [4.69, 9.17) is 0 Å². The Bertz CT molecular complexity index is 876. The van der Waals surface area contributed by atoms with Crippen LogP contribution in [0.1, 0.15) is 50.8 Å². The number of rotatable bonds is 9. The van der Waals surface area contributed by atoms with Crippen molar-refractivity contribution in [2.24, 2.45) is 11.8 Å². The molecule has 2 heterocycles. The summed E-state index contributed by atoms with van der Waals surface area (Å²) >= 11 is 0. The van der Waals surface area contributed by atoms with Gasteiger partial charge in [0.25, 0.3) is 0 Å². The Morgan fingerprint density at radius 3 is 2.73 bits per heavy atom. The van der Waals surface area contributed by atoms with E-state index >= 15 is 4.39 Å². The number of hydrazine groups is 1. The molecule has 3 fully saturated rings. The van der Waals surface area contributed by atoms with Crippen molar-refractivity contribution in [3.05, 3.63) is 11.6 Å². The second-order valence-electron chi connectivity index (χ2n) is 9.75. The Balaban J connectivity index is 1.44. The van der Waals surface area contributed by atoms with Crippen LogP contribution in [0.2, 0.25) is 0 Å². The normalized spacial score (nSPS) is 21.2. The van der Waals surface area contributed by atoms with Gasteiger partial charge in [0.1, 0.15) is 5.82 Å². The predicted octanol–water partition coefficient (Wildman–Crippen LogP) is 1.70. The van der Waals surface area contributed by atoms with Gasteiger partial charge >= 0.3 is 0 Å². The molecule has 1 aliphatic heterocycles. The summed E-state index contributed by atoms with van der Waals surface area (Å²) in [4.78, 5) is 36.5. The van der Waals surface area contributed by atoms with E-state index in [-0.39, 0.29) is 30.1 Å². The number of amides is 2. The fraction of sp³-hybridized carbons (Fsp3) is 0.727. The topological polar surface area (TPSA) is 114 Å². The summed E-state index contributed by atoms with van der Waals surface area (Å²) in [5, 5.41) is 10.1. The molecule has 3 N–H and O–H groups in total. The minimum atomic E-state index is -0.617. The van der Waals surface area contributed by atoms with E-state index in [1.165, 1.54) is 0 Å². The van der Waals surface area contributed by atoms with Crippen molar-refractivity contribution < 1.29 is 19.2 Å². The first-order valence-corrected chi connectivity index (χ1v) is 11.8. The number of carbonyl (C=O) groups is 2. The Labute approximate surface area is 193 Å². The van der Waals surface area contributed by atoms with E-state index in [2.05, 4.69) is 32.8 Å². The van der Waals surface area contributed by atoms with E-state index in [1.807, 2.05) is 4.90 Å².